The predicted molar refractivity (Wildman–Crippen MR) is 97.2 cm³/mol. The molecular formula is C19H18N6O. The molecule has 4 rings (SSSR count). The Morgan fingerprint density at radius 2 is 2.00 bits per heavy atom. The van der Waals surface area contributed by atoms with Crippen LogP contribution in [0.1, 0.15) is 34.6 Å². The lowest BCUT2D eigenvalue weighted by Gasteiger charge is -2.15. The summed E-state index contributed by atoms with van der Waals surface area (Å²) in [6, 6.07) is 11.4. The number of hydrogen-bond donors (Lipinski definition) is 1. The minimum Gasteiger partial charge on any atom is -0.345 e. The van der Waals surface area contributed by atoms with Gasteiger partial charge < -0.3 is 5.32 Å². The quantitative estimate of drug-likeness (QED) is 0.616. The van der Waals surface area contributed by atoms with Gasteiger partial charge in [-0.15, -0.1) is 0 Å². The van der Waals surface area contributed by atoms with Gasteiger partial charge in [0.2, 0.25) is 0 Å². The summed E-state index contributed by atoms with van der Waals surface area (Å²) in [7, 11) is 0. The monoisotopic (exact) mass is 346 g/mol. The first-order chi connectivity index (χ1) is 12.6. The van der Waals surface area contributed by atoms with Gasteiger partial charge in [0, 0.05) is 24.8 Å². The van der Waals surface area contributed by atoms with E-state index in [0.29, 0.717) is 16.9 Å². The van der Waals surface area contributed by atoms with Crippen molar-refractivity contribution in [3.8, 4) is 5.69 Å². The number of benzene rings is 1. The summed E-state index contributed by atoms with van der Waals surface area (Å²) in [5, 5.41) is 11.6. The lowest BCUT2D eigenvalue weighted by atomic mass is 10.1. The number of rotatable bonds is 4. The molecule has 1 aromatic carbocycles. The number of aromatic nitrogens is 5. The normalized spacial score (nSPS) is 12.2. The molecule has 0 saturated carbocycles. The standard InChI is InChI=1S/C19H18N6O/c1-13(15-6-3-7-16(12-15)24-10-5-9-21-24)22-19(26)17-14(2)23-25-11-4-8-20-18(17)25/h3-13H,1-2H3,(H,22,26)/t13-/m0/s1. The zero-order valence-electron chi connectivity index (χ0n) is 14.5. The van der Waals surface area contributed by atoms with Crippen LogP contribution in [0.5, 0.6) is 0 Å². The van der Waals surface area contributed by atoms with E-state index >= 15 is 0 Å². The van der Waals surface area contributed by atoms with Crippen molar-refractivity contribution < 1.29 is 4.79 Å². The van der Waals surface area contributed by atoms with Gasteiger partial charge in [-0.3, -0.25) is 4.79 Å². The summed E-state index contributed by atoms with van der Waals surface area (Å²) in [5.74, 6) is -0.187. The average molecular weight is 346 g/mol. The molecule has 3 aromatic heterocycles. The number of nitrogens with one attached hydrogen (secondary N) is 1. The van der Waals surface area contributed by atoms with Gasteiger partial charge in [0.1, 0.15) is 5.56 Å². The zero-order chi connectivity index (χ0) is 18.1. The second-order valence-corrected chi connectivity index (χ2v) is 6.09. The third-order valence-corrected chi connectivity index (χ3v) is 4.28. The second-order valence-electron chi connectivity index (χ2n) is 6.09. The lowest BCUT2D eigenvalue weighted by molar-refractivity contribution is 0.0940. The van der Waals surface area contributed by atoms with Gasteiger partial charge in [-0.05, 0) is 43.7 Å². The molecule has 130 valence electrons. The second kappa shape index (κ2) is 6.44. The van der Waals surface area contributed by atoms with E-state index in [2.05, 4.69) is 20.5 Å². The van der Waals surface area contributed by atoms with Crippen LogP contribution in [0, 0.1) is 6.92 Å². The molecule has 1 amide bonds. The van der Waals surface area contributed by atoms with Crippen molar-refractivity contribution in [2.24, 2.45) is 0 Å². The SMILES string of the molecule is Cc1nn2cccnc2c1C(=O)N[C@@H](C)c1cccc(-n2cccn2)c1. The van der Waals surface area contributed by atoms with Crippen LogP contribution in [-0.4, -0.2) is 30.3 Å². The van der Waals surface area contributed by atoms with Crippen LogP contribution < -0.4 is 5.32 Å². The highest BCUT2D eigenvalue weighted by Gasteiger charge is 2.20. The number of hydrogen-bond acceptors (Lipinski definition) is 4. The Morgan fingerprint density at radius 3 is 2.81 bits per heavy atom. The molecule has 0 spiro atoms. The molecule has 7 heteroatoms. The molecule has 7 nitrogen and oxygen atoms in total. The van der Waals surface area contributed by atoms with Crippen molar-refractivity contribution in [2.75, 3.05) is 0 Å². The van der Waals surface area contributed by atoms with Crippen LogP contribution in [0.15, 0.2) is 61.2 Å². The summed E-state index contributed by atoms with van der Waals surface area (Å²) >= 11 is 0. The lowest BCUT2D eigenvalue weighted by Crippen LogP contribution is -2.27. The third kappa shape index (κ3) is 2.83. The van der Waals surface area contributed by atoms with Gasteiger partial charge in [-0.25, -0.2) is 14.2 Å². The first-order valence-corrected chi connectivity index (χ1v) is 8.34. The Labute approximate surface area is 150 Å². The molecule has 4 aromatic rings. The fourth-order valence-corrected chi connectivity index (χ4v) is 2.97. The average Bonchev–Trinajstić information content (AvgIpc) is 3.28. The highest BCUT2D eigenvalue weighted by atomic mass is 16.1. The minimum absolute atomic E-state index is 0.170. The van der Waals surface area contributed by atoms with E-state index in [1.807, 2.05) is 50.4 Å². The third-order valence-electron chi connectivity index (χ3n) is 4.28. The first-order valence-electron chi connectivity index (χ1n) is 8.34. The molecule has 0 unspecified atom stereocenters. The van der Waals surface area contributed by atoms with E-state index in [1.54, 1.807) is 33.9 Å². The molecule has 0 bridgehead atoms. The van der Waals surface area contributed by atoms with Crippen molar-refractivity contribution >= 4 is 11.6 Å². The summed E-state index contributed by atoms with van der Waals surface area (Å²) in [6.07, 6.45) is 7.06. The van der Waals surface area contributed by atoms with Crippen LogP contribution in [0.25, 0.3) is 11.3 Å². The molecule has 0 saturated heterocycles. The summed E-state index contributed by atoms with van der Waals surface area (Å²) in [6.45, 7) is 3.77. The van der Waals surface area contributed by atoms with E-state index in [0.717, 1.165) is 11.3 Å². The van der Waals surface area contributed by atoms with Crippen molar-refractivity contribution in [2.45, 2.75) is 19.9 Å². The largest absolute Gasteiger partial charge is 0.345 e. The molecule has 3 heterocycles. The Morgan fingerprint density at radius 1 is 1.15 bits per heavy atom. The fourth-order valence-electron chi connectivity index (χ4n) is 2.97. The van der Waals surface area contributed by atoms with Crippen molar-refractivity contribution in [1.29, 1.82) is 0 Å². The van der Waals surface area contributed by atoms with Gasteiger partial charge >= 0.3 is 0 Å². The van der Waals surface area contributed by atoms with E-state index in [4.69, 9.17) is 0 Å². The van der Waals surface area contributed by atoms with E-state index in [1.165, 1.54) is 0 Å². The first kappa shape index (κ1) is 16.0. The van der Waals surface area contributed by atoms with Gasteiger partial charge in [0.15, 0.2) is 5.65 Å². The van der Waals surface area contributed by atoms with Gasteiger partial charge in [0.25, 0.3) is 5.91 Å². The minimum atomic E-state index is -0.187. The molecule has 1 N–H and O–H groups in total. The molecule has 0 aliphatic rings. The number of aryl methyl sites for hydroxylation is 1. The molecule has 0 radical (unpaired) electrons. The van der Waals surface area contributed by atoms with Crippen molar-refractivity contribution in [1.82, 2.24) is 29.7 Å². The van der Waals surface area contributed by atoms with Gasteiger partial charge in [0.05, 0.1) is 17.4 Å². The Kier molecular flexibility index (Phi) is 3.96. The van der Waals surface area contributed by atoms with Crippen LogP contribution in [0.3, 0.4) is 0 Å². The van der Waals surface area contributed by atoms with E-state index in [9.17, 15) is 4.79 Å². The summed E-state index contributed by atoms with van der Waals surface area (Å²) in [4.78, 5) is 17.1. The maximum absolute atomic E-state index is 12.8. The van der Waals surface area contributed by atoms with Crippen LogP contribution in [-0.2, 0) is 0 Å². The molecule has 26 heavy (non-hydrogen) atoms. The highest BCUT2D eigenvalue weighted by molar-refractivity contribution is 6.01. The van der Waals surface area contributed by atoms with Gasteiger partial charge in [-0.2, -0.15) is 10.2 Å². The van der Waals surface area contributed by atoms with E-state index < -0.39 is 0 Å². The maximum Gasteiger partial charge on any atom is 0.257 e. The Bertz CT molecular complexity index is 1070. The molecule has 1 atom stereocenters. The summed E-state index contributed by atoms with van der Waals surface area (Å²) in [5.41, 5.74) is 3.65. The molecule has 0 aliphatic carbocycles. The number of nitrogens with zero attached hydrogens (tertiary/aromatic N) is 5. The molecule has 0 fully saturated rings. The topological polar surface area (TPSA) is 77.1 Å². The number of carbonyl (C=O) groups excluding carboxylic acids is 1. The zero-order valence-corrected chi connectivity index (χ0v) is 14.5. The number of fused-ring (bicyclic) bond motifs is 1. The maximum atomic E-state index is 12.8. The molecule has 0 aliphatic heterocycles. The Balaban J connectivity index is 1.60. The smallest absolute Gasteiger partial charge is 0.257 e. The summed E-state index contributed by atoms with van der Waals surface area (Å²) < 4.78 is 3.41. The Hall–Kier alpha value is -3.48. The molecular weight excluding hydrogens is 328 g/mol. The van der Waals surface area contributed by atoms with Crippen molar-refractivity contribution in [3.05, 3.63) is 78.0 Å². The number of amides is 1. The highest BCUT2D eigenvalue weighted by Crippen LogP contribution is 2.19. The fraction of sp³-hybridized carbons (Fsp3) is 0.158. The van der Waals surface area contributed by atoms with Gasteiger partial charge in [-0.1, -0.05) is 12.1 Å². The van der Waals surface area contributed by atoms with Crippen molar-refractivity contribution in [3.63, 3.8) is 0 Å². The predicted octanol–water partition coefficient (Wildman–Crippen LogP) is 2.71. The van der Waals surface area contributed by atoms with Crippen LogP contribution in [0.4, 0.5) is 0 Å². The van der Waals surface area contributed by atoms with Crippen LogP contribution in [0.2, 0.25) is 0 Å². The van der Waals surface area contributed by atoms with Crippen LogP contribution >= 0.6 is 0 Å². The number of carbonyl (C=O) groups is 1. The van der Waals surface area contributed by atoms with E-state index in [-0.39, 0.29) is 11.9 Å².